The van der Waals surface area contributed by atoms with Crippen LogP contribution in [-0.4, -0.2) is 22.2 Å². The van der Waals surface area contributed by atoms with Crippen molar-refractivity contribution in [2.75, 3.05) is 0 Å². The molecule has 0 saturated carbocycles. The predicted octanol–water partition coefficient (Wildman–Crippen LogP) is 4.83. The van der Waals surface area contributed by atoms with Gasteiger partial charge in [-0.2, -0.15) is 0 Å². The second-order valence-corrected chi connectivity index (χ2v) is 5.24. The van der Waals surface area contributed by atoms with Crippen LogP contribution in [0.5, 0.6) is 0 Å². The lowest BCUT2D eigenvalue weighted by atomic mass is 9.91. The summed E-state index contributed by atoms with van der Waals surface area (Å²) >= 11 is 29.6. The van der Waals surface area contributed by atoms with Gasteiger partial charge in [0.2, 0.25) is 0 Å². The maximum Gasteiger partial charge on any atom is 0.506 e. The number of hydrogen-bond acceptors (Lipinski definition) is 2. The lowest BCUT2D eigenvalue weighted by Crippen LogP contribution is -2.46. The molecular formula is C9H7Cl5O3. The van der Waals surface area contributed by atoms with Crippen molar-refractivity contribution in [1.82, 2.24) is 0 Å². The van der Waals surface area contributed by atoms with E-state index in [1.807, 2.05) is 0 Å². The maximum absolute atomic E-state index is 10.7. The van der Waals surface area contributed by atoms with Gasteiger partial charge in [0.25, 0.3) is 0 Å². The monoisotopic (exact) mass is 338 g/mol. The van der Waals surface area contributed by atoms with E-state index in [1.54, 1.807) is 6.92 Å². The number of ether oxygens (including phenoxy) is 1. The summed E-state index contributed by atoms with van der Waals surface area (Å²) in [5.74, 6) is 0. The van der Waals surface area contributed by atoms with E-state index in [0.29, 0.717) is 0 Å². The van der Waals surface area contributed by atoms with Crippen molar-refractivity contribution in [2.24, 2.45) is 0 Å². The molecule has 3 nitrogen and oxygen atoms in total. The van der Waals surface area contributed by atoms with E-state index in [9.17, 15) is 4.79 Å². The van der Waals surface area contributed by atoms with Crippen LogP contribution >= 0.6 is 58.0 Å². The summed E-state index contributed by atoms with van der Waals surface area (Å²) in [7, 11) is 0. The van der Waals surface area contributed by atoms with Gasteiger partial charge in [-0.3, -0.25) is 0 Å². The SMILES string of the molecule is CCC1(OC(=O)O)C(Cl)=C(Cl)C(Cl)=C(Cl)C1Cl. The minimum absolute atomic E-state index is 0.00334. The molecule has 0 saturated heterocycles. The molecule has 1 N–H and O–H groups in total. The first-order valence-corrected chi connectivity index (χ1v) is 6.40. The minimum Gasteiger partial charge on any atom is -0.450 e. The molecule has 1 aliphatic carbocycles. The Morgan fingerprint density at radius 2 is 1.88 bits per heavy atom. The van der Waals surface area contributed by atoms with Crippen molar-refractivity contribution in [3.05, 3.63) is 20.1 Å². The highest BCUT2D eigenvalue weighted by atomic mass is 35.5. The van der Waals surface area contributed by atoms with Crippen LogP contribution in [0.15, 0.2) is 20.1 Å². The molecule has 0 aromatic carbocycles. The van der Waals surface area contributed by atoms with Gasteiger partial charge in [0.05, 0.1) is 20.1 Å². The molecule has 2 unspecified atom stereocenters. The Bertz CT molecular complexity index is 417. The van der Waals surface area contributed by atoms with Crippen LogP contribution in [0.1, 0.15) is 13.3 Å². The standard InChI is InChI=1S/C9H7Cl5O3/c1-2-9(17-8(15)16)6(13)4(11)3(10)5(12)7(9)14/h6H,2H2,1H3,(H,15,16). The van der Waals surface area contributed by atoms with Crippen molar-refractivity contribution in [2.45, 2.75) is 24.3 Å². The van der Waals surface area contributed by atoms with Gasteiger partial charge in [0.1, 0.15) is 5.38 Å². The van der Waals surface area contributed by atoms with E-state index in [-0.39, 0.29) is 26.5 Å². The van der Waals surface area contributed by atoms with E-state index in [2.05, 4.69) is 0 Å². The van der Waals surface area contributed by atoms with Gasteiger partial charge in [-0.15, -0.1) is 11.6 Å². The Morgan fingerprint density at radius 3 is 2.29 bits per heavy atom. The van der Waals surface area contributed by atoms with Gasteiger partial charge in [0.15, 0.2) is 5.60 Å². The highest BCUT2D eigenvalue weighted by Gasteiger charge is 2.50. The van der Waals surface area contributed by atoms with Gasteiger partial charge >= 0.3 is 6.16 Å². The first kappa shape index (κ1) is 15.3. The predicted molar refractivity (Wildman–Crippen MR) is 69.2 cm³/mol. The highest BCUT2D eigenvalue weighted by Crippen LogP contribution is 2.49. The van der Waals surface area contributed by atoms with Gasteiger partial charge < -0.3 is 9.84 Å². The molecule has 0 spiro atoms. The fourth-order valence-corrected chi connectivity index (χ4v) is 3.21. The van der Waals surface area contributed by atoms with Crippen molar-refractivity contribution < 1.29 is 14.6 Å². The molecule has 0 amide bonds. The molecular weight excluding hydrogens is 333 g/mol. The second-order valence-electron chi connectivity index (χ2n) is 3.26. The fraction of sp³-hybridized carbons (Fsp3) is 0.444. The normalized spacial score (nSPS) is 29.6. The molecule has 0 fully saturated rings. The van der Waals surface area contributed by atoms with E-state index >= 15 is 0 Å². The van der Waals surface area contributed by atoms with Crippen LogP contribution in [0, 0.1) is 0 Å². The topological polar surface area (TPSA) is 46.5 Å². The molecule has 0 radical (unpaired) electrons. The van der Waals surface area contributed by atoms with E-state index in [1.165, 1.54) is 0 Å². The van der Waals surface area contributed by atoms with Crippen molar-refractivity contribution in [3.63, 3.8) is 0 Å². The summed E-state index contributed by atoms with van der Waals surface area (Å²) in [6, 6.07) is 0. The molecule has 0 aliphatic heterocycles. The summed E-state index contributed by atoms with van der Waals surface area (Å²) in [6.45, 7) is 1.65. The molecule has 17 heavy (non-hydrogen) atoms. The third kappa shape index (κ3) is 2.49. The van der Waals surface area contributed by atoms with E-state index < -0.39 is 17.1 Å². The van der Waals surface area contributed by atoms with Crippen molar-refractivity contribution in [1.29, 1.82) is 0 Å². The van der Waals surface area contributed by atoms with Crippen LogP contribution in [0.4, 0.5) is 4.79 Å². The summed E-state index contributed by atoms with van der Waals surface area (Å²) in [5.41, 5.74) is -1.51. The summed E-state index contributed by atoms with van der Waals surface area (Å²) in [5, 5.41) is 7.59. The highest BCUT2D eigenvalue weighted by molar-refractivity contribution is 6.53. The largest absolute Gasteiger partial charge is 0.506 e. The number of halogens is 5. The van der Waals surface area contributed by atoms with Gasteiger partial charge in [-0.25, -0.2) is 4.79 Å². The molecule has 0 bridgehead atoms. The molecule has 0 aromatic rings. The zero-order valence-electron chi connectivity index (χ0n) is 8.44. The molecule has 1 rings (SSSR count). The quantitative estimate of drug-likeness (QED) is 0.578. The van der Waals surface area contributed by atoms with E-state index in [0.717, 1.165) is 0 Å². The average molecular weight is 340 g/mol. The van der Waals surface area contributed by atoms with Crippen LogP contribution in [-0.2, 0) is 4.74 Å². The molecule has 8 heteroatoms. The smallest absolute Gasteiger partial charge is 0.450 e. The molecule has 2 atom stereocenters. The first-order valence-electron chi connectivity index (χ1n) is 4.45. The Balaban J connectivity index is 3.38. The molecule has 96 valence electrons. The van der Waals surface area contributed by atoms with E-state index in [4.69, 9.17) is 67.8 Å². The van der Waals surface area contributed by atoms with Crippen LogP contribution in [0.25, 0.3) is 0 Å². The lowest BCUT2D eigenvalue weighted by Gasteiger charge is -2.38. The Kier molecular flexibility index (Phi) is 4.89. The van der Waals surface area contributed by atoms with Gasteiger partial charge in [-0.1, -0.05) is 53.3 Å². The number of carboxylic acid groups (broad SMARTS) is 1. The number of rotatable bonds is 2. The zero-order chi connectivity index (χ0) is 13.4. The Hall–Kier alpha value is 0.200. The maximum atomic E-state index is 10.7. The van der Waals surface area contributed by atoms with Crippen LogP contribution < -0.4 is 0 Å². The van der Waals surface area contributed by atoms with Gasteiger partial charge in [-0.05, 0) is 6.42 Å². The van der Waals surface area contributed by atoms with Gasteiger partial charge in [0, 0.05) is 0 Å². The third-order valence-corrected chi connectivity index (χ3v) is 5.05. The Labute approximate surface area is 123 Å². The van der Waals surface area contributed by atoms with Crippen LogP contribution in [0.2, 0.25) is 0 Å². The molecule has 1 aliphatic rings. The Morgan fingerprint density at radius 1 is 1.35 bits per heavy atom. The summed E-state index contributed by atoms with van der Waals surface area (Å²) < 4.78 is 4.77. The zero-order valence-corrected chi connectivity index (χ0v) is 12.2. The van der Waals surface area contributed by atoms with Crippen LogP contribution in [0.3, 0.4) is 0 Å². The third-order valence-electron chi connectivity index (χ3n) is 2.39. The number of allylic oxidation sites excluding steroid dienone is 2. The summed E-state index contributed by atoms with van der Waals surface area (Å²) in [6.07, 6.45) is -1.36. The molecule has 0 heterocycles. The second kappa shape index (κ2) is 5.45. The average Bonchev–Trinajstić information content (AvgIpc) is 2.29. The molecule has 0 aromatic heterocycles. The number of carbonyl (C=O) groups is 1. The van der Waals surface area contributed by atoms with Crippen molar-refractivity contribution in [3.8, 4) is 0 Å². The first-order chi connectivity index (χ1) is 7.77. The number of hydrogen-bond donors (Lipinski definition) is 1. The summed E-state index contributed by atoms with van der Waals surface area (Å²) in [4.78, 5) is 10.7. The fourth-order valence-electron chi connectivity index (χ4n) is 1.47. The lowest BCUT2D eigenvalue weighted by molar-refractivity contribution is 0.00758. The number of alkyl halides is 1. The van der Waals surface area contributed by atoms with Crippen molar-refractivity contribution >= 4 is 64.2 Å². The minimum atomic E-state index is -1.53.